The molecule has 0 atom stereocenters. The molecule has 1 saturated heterocycles. The number of hydrogen-bond acceptors (Lipinski definition) is 4. The lowest BCUT2D eigenvalue weighted by atomic mass is 10.0. The maximum atomic E-state index is 12.9. The SMILES string of the molecule is COc1ccc(C(=O)N2CCC(NC(=O)/C=C/c3ccc(F)cc3)CC2)c(OC)c1. The fraction of sp³-hybridized carbons (Fsp3) is 0.304. The monoisotopic (exact) mass is 412 g/mol. The van der Waals surface area contributed by atoms with Crippen molar-refractivity contribution < 1.29 is 23.5 Å². The van der Waals surface area contributed by atoms with Crippen molar-refractivity contribution in [1.82, 2.24) is 10.2 Å². The smallest absolute Gasteiger partial charge is 0.257 e. The molecule has 1 N–H and O–H groups in total. The zero-order valence-corrected chi connectivity index (χ0v) is 17.1. The molecule has 2 aromatic rings. The van der Waals surface area contributed by atoms with Crippen LogP contribution in [-0.2, 0) is 4.79 Å². The van der Waals surface area contributed by atoms with Gasteiger partial charge in [0.2, 0.25) is 5.91 Å². The van der Waals surface area contributed by atoms with Crippen molar-refractivity contribution >= 4 is 17.9 Å². The molecule has 6 nitrogen and oxygen atoms in total. The van der Waals surface area contributed by atoms with Crippen LogP contribution in [0.2, 0.25) is 0 Å². The molecule has 158 valence electrons. The third kappa shape index (κ3) is 5.37. The van der Waals surface area contributed by atoms with Crippen molar-refractivity contribution in [2.45, 2.75) is 18.9 Å². The lowest BCUT2D eigenvalue weighted by Gasteiger charge is -2.32. The zero-order chi connectivity index (χ0) is 21.5. The van der Waals surface area contributed by atoms with E-state index in [-0.39, 0.29) is 23.7 Å². The Labute approximate surface area is 175 Å². The van der Waals surface area contributed by atoms with E-state index in [4.69, 9.17) is 9.47 Å². The topological polar surface area (TPSA) is 67.9 Å². The van der Waals surface area contributed by atoms with E-state index < -0.39 is 0 Å². The van der Waals surface area contributed by atoms with E-state index in [0.717, 1.165) is 5.56 Å². The number of piperidine rings is 1. The summed E-state index contributed by atoms with van der Waals surface area (Å²) in [4.78, 5) is 26.8. The van der Waals surface area contributed by atoms with E-state index >= 15 is 0 Å². The Balaban J connectivity index is 1.52. The van der Waals surface area contributed by atoms with E-state index in [1.807, 2.05) is 0 Å². The number of ether oxygens (including phenoxy) is 2. The molecule has 2 aromatic carbocycles. The molecule has 1 heterocycles. The lowest BCUT2D eigenvalue weighted by Crippen LogP contribution is -2.46. The summed E-state index contributed by atoms with van der Waals surface area (Å²) in [5, 5.41) is 2.96. The molecule has 0 aromatic heterocycles. The van der Waals surface area contributed by atoms with Gasteiger partial charge < -0.3 is 19.7 Å². The summed E-state index contributed by atoms with van der Waals surface area (Å²) >= 11 is 0. The predicted molar refractivity (Wildman–Crippen MR) is 112 cm³/mol. The van der Waals surface area contributed by atoms with Gasteiger partial charge in [0.15, 0.2) is 0 Å². The summed E-state index contributed by atoms with van der Waals surface area (Å²) in [6.45, 7) is 1.08. The fourth-order valence-electron chi connectivity index (χ4n) is 3.37. The molecule has 1 fully saturated rings. The van der Waals surface area contributed by atoms with Gasteiger partial charge in [-0.25, -0.2) is 4.39 Å². The first-order valence-corrected chi connectivity index (χ1v) is 9.75. The van der Waals surface area contributed by atoms with Gasteiger partial charge in [-0.3, -0.25) is 9.59 Å². The van der Waals surface area contributed by atoms with Gasteiger partial charge in [-0.05, 0) is 48.7 Å². The number of rotatable bonds is 6. The number of amides is 2. The molecular formula is C23H25FN2O4. The molecule has 2 amide bonds. The van der Waals surface area contributed by atoms with Crippen LogP contribution in [-0.4, -0.2) is 50.1 Å². The third-order valence-corrected chi connectivity index (χ3v) is 5.06. The number of halogens is 1. The molecule has 0 unspecified atom stereocenters. The van der Waals surface area contributed by atoms with Crippen molar-refractivity contribution in [2.24, 2.45) is 0 Å². The molecule has 1 aliphatic rings. The molecule has 0 spiro atoms. The van der Waals surface area contributed by atoms with Crippen molar-refractivity contribution in [3.63, 3.8) is 0 Å². The summed E-state index contributed by atoms with van der Waals surface area (Å²) in [6.07, 6.45) is 4.41. The highest BCUT2D eigenvalue weighted by atomic mass is 19.1. The minimum atomic E-state index is -0.315. The first-order chi connectivity index (χ1) is 14.5. The Hall–Kier alpha value is -3.35. The molecular weight excluding hydrogens is 387 g/mol. The Kier molecular flexibility index (Phi) is 7.06. The average molecular weight is 412 g/mol. The zero-order valence-electron chi connectivity index (χ0n) is 17.1. The lowest BCUT2D eigenvalue weighted by molar-refractivity contribution is -0.117. The van der Waals surface area contributed by atoms with Crippen LogP contribution in [0.3, 0.4) is 0 Å². The Bertz CT molecular complexity index is 919. The van der Waals surface area contributed by atoms with Gasteiger partial charge in [0, 0.05) is 31.3 Å². The second-order valence-corrected chi connectivity index (χ2v) is 7.03. The number of benzene rings is 2. The van der Waals surface area contributed by atoms with E-state index in [0.29, 0.717) is 43.0 Å². The molecule has 1 aliphatic heterocycles. The highest BCUT2D eigenvalue weighted by Gasteiger charge is 2.26. The number of nitrogens with zero attached hydrogens (tertiary/aromatic N) is 1. The standard InChI is InChI=1S/C23H25FN2O4/c1-29-19-8-9-20(21(15-19)30-2)23(28)26-13-11-18(12-14-26)25-22(27)10-5-16-3-6-17(24)7-4-16/h3-10,15,18H,11-14H2,1-2H3,(H,25,27)/b10-5+. The van der Waals surface area contributed by atoms with Crippen LogP contribution in [0.1, 0.15) is 28.8 Å². The molecule has 0 saturated carbocycles. The summed E-state index contributed by atoms with van der Waals surface area (Å²) in [7, 11) is 3.08. The van der Waals surface area contributed by atoms with E-state index in [1.165, 1.54) is 25.3 Å². The van der Waals surface area contributed by atoms with Gasteiger partial charge in [0.1, 0.15) is 17.3 Å². The van der Waals surface area contributed by atoms with Gasteiger partial charge in [-0.15, -0.1) is 0 Å². The summed E-state index contributed by atoms with van der Waals surface area (Å²) < 4.78 is 23.4. The van der Waals surface area contributed by atoms with Crippen LogP contribution in [0.25, 0.3) is 6.08 Å². The molecule has 0 aliphatic carbocycles. The van der Waals surface area contributed by atoms with Gasteiger partial charge in [-0.2, -0.15) is 0 Å². The van der Waals surface area contributed by atoms with Crippen LogP contribution in [0.15, 0.2) is 48.5 Å². The van der Waals surface area contributed by atoms with E-state index in [2.05, 4.69) is 5.32 Å². The summed E-state index contributed by atoms with van der Waals surface area (Å²) in [6, 6.07) is 11.0. The van der Waals surface area contributed by atoms with Crippen LogP contribution in [0.5, 0.6) is 11.5 Å². The fourth-order valence-corrected chi connectivity index (χ4v) is 3.37. The number of hydrogen-bond donors (Lipinski definition) is 1. The van der Waals surface area contributed by atoms with Crippen LogP contribution < -0.4 is 14.8 Å². The maximum absolute atomic E-state index is 12.9. The number of carbonyl (C=O) groups is 2. The Morgan fingerprint density at radius 2 is 1.77 bits per heavy atom. The van der Waals surface area contributed by atoms with Crippen molar-refractivity contribution in [3.05, 3.63) is 65.5 Å². The Morgan fingerprint density at radius 1 is 1.07 bits per heavy atom. The molecule has 7 heteroatoms. The highest BCUT2D eigenvalue weighted by molar-refractivity contribution is 5.97. The quantitative estimate of drug-likeness (QED) is 0.740. The largest absolute Gasteiger partial charge is 0.497 e. The van der Waals surface area contributed by atoms with Crippen LogP contribution >= 0.6 is 0 Å². The van der Waals surface area contributed by atoms with E-state index in [9.17, 15) is 14.0 Å². The van der Waals surface area contributed by atoms with Crippen LogP contribution in [0, 0.1) is 5.82 Å². The van der Waals surface area contributed by atoms with Crippen molar-refractivity contribution in [1.29, 1.82) is 0 Å². The number of carbonyl (C=O) groups excluding carboxylic acids is 2. The number of nitrogens with one attached hydrogen (secondary N) is 1. The van der Waals surface area contributed by atoms with Gasteiger partial charge in [-0.1, -0.05) is 12.1 Å². The predicted octanol–water partition coefficient (Wildman–Crippen LogP) is 3.28. The minimum absolute atomic E-state index is 0.00261. The van der Waals surface area contributed by atoms with Gasteiger partial charge in [0.25, 0.3) is 5.91 Å². The molecule has 0 bridgehead atoms. The average Bonchev–Trinajstić information content (AvgIpc) is 2.78. The number of likely N-dealkylation sites (tertiary alicyclic amines) is 1. The summed E-state index contributed by atoms with van der Waals surface area (Å²) in [5.41, 5.74) is 1.24. The Morgan fingerprint density at radius 3 is 2.40 bits per heavy atom. The second kappa shape index (κ2) is 9.91. The second-order valence-electron chi connectivity index (χ2n) is 7.03. The summed E-state index contributed by atoms with van der Waals surface area (Å²) in [5.74, 6) is 0.473. The van der Waals surface area contributed by atoms with Crippen molar-refractivity contribution in [3.8, 4) is 11.5 Å². The van der Waals surface area contributed by atoms with Gasteiger partial charge in [0.05, 0.1) is 19.8 Å². The van der Waals surface area contributed by atoms with Crippen molar-refractivity contribution in [2.75, 3.05) is 27.3 Å². The van der Waals surface area contributed by atoms with Gasteiger partial charge >= 0.3 is 0 Å². The van der Waals surface area contributed by atoms with E-state index in [1.54, 1.807) is 48.4 Å². The molecule has 0 radical (unpaired) electrons. The first-order valence-electron chi connectivity index (χ1n) is 9.75. The molecule has 30 heavy (non-hydrogen) atoms. The maximum Gasteiger partial charge on any atom is 0.257 e. The minimum Gasteiger partial charge on any atom is -0.497 e. The normalized spacial score (nSPS) is 14.6. The first kappa shape index (κ1) is 21.4. The van der Waals surface area contributed by atoms with Crippen LogP contribution in [0.4, 0.5) is 4.39 Å². The molecule has 3 rings (SSSR count). The number of methoxy groups -OCH3 is 2. The highest BCUT2D eigenvalue weighted by Crippen LogP contribution is 2.26. The third-order valence-electron chi connectivity index (χ3n) is 5.06.